The summed E-state index contributed by atoms with van der Waals surface area (Å²) in [7, 11) is 0. The topological polar surface area (TPSA) is 85.8 Å². The Kier molecular flexibility index (Phi) is 3.73. The standard InChI is InChI=1S/C6H7BrF3N5O/c7-4-13-5(11)14-15(4)1-3(16)12-2-6(8,9)10/h1-2H2,(H2,11,14)(H,12,16). The number of nitrogens with zero attached hydrogens (tertiary/aromatic N) is 3. The molecule has 0 saturated heterocycles. The fourth-order valence-corrected chi connectivity index (χ4v) is 1.22. The molecule has 0 aromatic carbocycles. The fraction of sp³-hybridized carbons (Fsp3) is 0.500. The normalized spacial score (nSPS) is 11.5. The number of anilines is 1. The van der Waals surface area contributed by atoms with Gasteiger partial charge in [-0.15, -0.1) is 5.10 Å². The van der Waals surface area contributed by atoms with Gasteiger partial charge in [-0.3, -0.25) is 4.79 Å². The van der Waals surface area contributed by atoms with Crippen LogP contribution in [0.4, 0.5) is 19.1 Å². The van der Waals surface area contributed by atoms with Gasteiger partial charge in [0.1, 0.15) is 13.1 Å². The summed E-state index contributed by atoms with van der Waals surface area (Å²) >= 11 is 2.94. The highest BCUT2D eigenvalue weighted by Gasteiger charge is 2.27. The summed E-state index contributed by atoms with van der Waals surface area (Å²) in [6, 6.07) is 0. The predicted octanol–water partition coefficient (Wildman–Crippen LogP) is 0.301. The van der Waals surface area contributed by atoms with Crippen LogP contribution >= 0.6 is 15.9 Å². The van der Waals surface area contributed by atoms with E-state index in [0.717, 1.165) is 4.68 Å². The molecule has 6 nitrogen and oxygen atoms in total. The van der Waals surface area contributed by atoms with Gasteiger partial charge in [0.05, 0.1) is 0 Å². The van der Waals surface area contributed by atoms with E-state index in [1.807, 2.05) is 0 Å². The number of alkyl halides is 3. The Balaban J connectivity index is 2.49. The molecule has 1 aromatic rings. The molecule has 0 saturated carbocycles. The van der Waals surface area contributed by atoms with E-state index in [2.05, 4.69) is 26.0 Å². The molecule has 1 rings (SSSR count). The van der Waals surface area contributed by atoms with Gasteiger partial charge >= 0.3 is 6.18 Å². The maximum atomic E-state index is 11.8. The first kappa shape index (κ1) is 12.7. The predicted molar refractivity (Wildman–Crippen MR) is 51.2 cm³/mol. The molecule has 0 spiro atoms. The van der Waals surface area contributed by atoms with Gasteiger partial charge in [0, 0.05) is 0 Å². The van der Waals surface area contributed by atoms with Crippen molar-refractivity contribution in [2.24, 2.45) is 0 Å². The zero-order chi connectivity index (χ0) is 12.3. The van der Waals surface area contributed by atoms with Crippen LogP contribution < -0.4 is 11.1 Å². The molecule has 0 aliphatic carbocycles. The Hall–Kier alpha value is -1.32. The summed E-state index contributed by atoms with van der Waals surface area (Å²) in [4.78, 5) is 14.7. The third kappa shape index (κ3) is 4.04. The number of hydrogen-bond donors (Lipinski definition) is 2. The molecule has 1 heterocycles. The zero-order valence-electron chi connectivity index (χ0n) is 7.75. The molecular formula is C6H7BrF3N5O. The smallest absolute Gasteiger partial charge is 0.366 e. The van der Waals surface area contributed by atoms with E-state index < -0.39 is 18.6 Å². The number of amides is 1. The molecule has 10 heteroatoms. The third-order valence-corrected chi connectivity index (χ3v) is 2.01. The fourth-order valence-electron chi connectivity index (χ4n) is 0.831. The Labute approximate surface area is 96.1 Å². The number of nitrogens with two attached hydrogens (primary N) is 1. The van der Waals surface area contributed by atoms with Crippen molar-refractivity contribution in [3.63, 3.8) is 0 Å². The van der Waals surface area contributed by atoms with Crippen molar-refractivity contribution < 1.29 is 18.0 Å². The van der Waals surface area contributed by atoms with E-state index in [1.165, 1.54) is 0 Å². The van der Waals surface area contributed by atoms with Crippen LogP contribution in [-0.2, 0) is 11.3 Å². The van der Waals surface area contributed by atoms with Gasteiger partial charge in [-0.25, -0.2) is 4.68 Å². The number of halogens is 4. The number of carbonyl (C=O) groups is 1. The summed E-state index contributed by atoms with van der Waals surface area (Å²) in [5.41, 5.74) is 5.21. The number of carbonyl (C=O) groups excluding carboxylic acids is 1. The monoisotopic (exact) mass is 301 g/mol. The van der Waals surface area contributed by atoms with Gasteiger partial charge in [0.25, 0.3) is 0 Å². The summed E-state index contributed by atoms with van der Waals surface area (Å²) in [6.45, 7) is -1.77. The van der Waals surface area contributed by atoms with Crippen LogP contribution in [0.1, 0.15) is 0 Å². The van der Waals surface area contributed by atoms with Gasteiger partial charge in [-0.2, -0.15) is 18.2 Å². The summed E-state index contributed by atoms with van der Waals surface area (Å²) in [5.74, 6) is -0.904. The van der Waals surface area contributed by atoms with E-state index in [-0.39, 0.29) is 17.2 Å². The molecule has 0 aliphatic heterocycles. The number of nitrogens with one attached hydrogen (secondary N) is 1. The minimum absolute atomic E-state index is 0.0736. The van der Waals surface area contributed by atoms with Crippen molar-refractivity contribution >= 4 is 27.8 Å². The molecule has 90 valence electrons. The van der Waals surface area contributed by atoms with Crippen LogP contribution in [0.3, 0.4) is 0 Å². The minimum atomic E-state index is -4.44. The van der Waals surface area contributed by atoms with Crippen LogP contribution in [-0.4, -0.2) is 33.4 Å². The van der Waals surface area contributed by atoms with E-state index >= 15 is 0 Å². The molecule has 16 heavy (non-hydrogen) atoms. The molecule has 0 bridgehead atoms. The Bertz CT molecular complexity index is 390. The number of aromatic nitrogens is 3. The largest absolute Gasteiger partial charge is 0.405 e. The van der Waals surface area contributed by atoms with Crippen molar-refractivity contribution in [2.45, 2.75) is 12.7 Å². The summed E-state index contributed by atoms with van der Waals surface area (Å²) in [5, 5.41) is 5.28. The zero-order valence-corrected chi connectivity index (χ0v) is 9.34. The summed E-state index contributed by atoms with van der Waals surface area (Å²) in [6.07, 6.45) is -4.44. The average molecular weight is 302 g/mol. The van der Waals surface area contributed by atoms with Crippen LogP contribution in [0, 0.1) is 0 Å². The van der Waals surface area contributed by atoms with Gasteiger partial charge in [-0.05, 0) is 15.9 Å². The lowest BCUT2D eigenvalue weighted by atomic mass is 10.5. The maximum Gasteiger partial charge on any atom is 0.405 e. The minimum Gasteiger partial charge on any atom is -0.366 e. The van der Waals surface area contributed by atoms with Gasteiger partial charge in [0.15, 0.2) is 4.73 Å². The highest BCUT2D eigenvalue weighted by atomic mass is 79.9. The molecule has 1 amide bonds. The second-order valence-electron chi connectivity index (χ2n) is 2.79. The number of hydrogen-bond acceptors (Lipinski definition) is 4. The van der Waals surface area contributed by atoms with Crippen LogP contribution in [0.25, 0.3) is 0 Å². The first-order chi connectivity index (χ1) is 7.28. The van der Waals surface area contributed by atoms with Gasteiger partial charge in [0.2, 0.25) is 11.9 Å². The molecule has 1 aromatic heterocycles. The van der Waals surface area contributed by atoms with E-state index in [0.29, 0.717) is 0 Å². The second kappa shape index (κ2) is 4.68. The Morgan fingerprint density at radius 2 is 2.19 bits per heavy atom. The van der Waals surface area contributed by atoms with Crippen molar-refractivity contribution in [2.75, 3.05) is 12.3 Å². The summed E-state index contributed by atoms with van der Waals surface area (Å²) < 4.78 is 36.5. The maximum absolute atomic E-state index is 11.8. The SMILES string of the molecule is Nc1nc(Br)n(CC(=O)NCC(F)(F)F)n1. The quantitative estimate of drug-likeness (QED) is 0.841. The molecule has 0 aliphatic rings. The average Bonchev–Trinajstić information content (AvgIpc) is 2.41. The van der Waals surface area contributed by atoms with E-state index in [1.54, 1.807) is 5.32 Å². The van der Waals surface area contributed by atoms with Crippen molar-refractivity contribution in [3.05, 3.63) is 4.73 Å². The highest BCUT2D eigenvalue weighted by Crippen LogP contribution is 2.12. The van der Waals surface area contributed by atoms with E-state index in [9.17, 15) is 18.0 Å². The van der Waals surface area contributed by atoms with Crippen molar-refractivity contribution in [1.29, 1.82) is 0 Å². The highest BCUT2D eigenvalue weighted by molar-refractivity contribution is 9.10. The third-order valence-electron chi connectivity index (χ3n) is 1.42. The van der Waals surface area contributed by atoms with Gasteiger partial charge in [-0.1, -0.05) is 0 Å². The van der Waals surface area contributed by atoms with Crippen LogP contribution in [0.2, 0.25) is 0 Å². The molecule has 0 fully saturated rings. The Morgan fingerprint density at radius 3 is 2.62 bits per heavy atom. The molecule has 3 N–H and O–H groups in total. The van der Waals surface area contributed by atoms with Crippen LogP contribution in [0.5, 0.6) is 0 Å². The lowest BCUT2D eigenvalue weighted by molar-refractivity contribution is -0.138. The molecular weight excluding hydrogens is 295 g/mol. The second-order valence-corrected chi connectivity index (χ2v) is 3.50. The molecule has 0 unspecified atom stereocenters. The Morgan fingerprint density at radius 1 is 1.56 bits per heavy atom. The molecule has 0 atom stereocenters. The van der Waals surface area contributed by atoms with Gasteiger partial charge < -0.3 is 11.1 Å². The lowest BCUT2D eigenvalue weighted by Crippen LogP contribution is -2.36. The molecule has 0 radical (unpaired) electrons. The van der Waals surface area contributed by atoms with Crippen LogP contribution in [0.15, 0.2) is 4.73 Å². The van der Waals surface area contributed by atoms with Crippen molar-refractivity contribution in [1.82, 2.24) is 20.1 Å². The number of nitrogen functional groups attached to an aromatic ring is 1. The first-order valence-electron chi connectivity index (χ1n) is 3.97. The number of rotatable bonds is 3. The van der Waals surface area contributed by atoms with E-state index in [4.69, 9.17) is 5.73 Å². The first-order valence-corrected chi connectivity index (χ1v) is 4.76. The lowest BCUT2D eigenvalue weighted by Gasteiger charge is -2.08. The van der Waals surface area contributed by atoms with Crippen molar-refractivity contribution in [3.8, 4) is 0 Å².